The molecule has 0 radical (unpaired) electrons. The van der Waals surface area contributed by atoms with Gasteiger partial charge in [-0.1, -0.05) is 77.8 Å². The molecular formula is C32H26Cl2N2O4S2. The zero-order valence-electron chi connectivity index (χ0n) is 22.7. The summed E-state index contributed by atoms with van der Waals surface area (Å²) in [6.07, 6.45) is 8.12. The van der Waals surface area contributed by atoms with E-state index in [1.54, 1.807) is 54.6 Å². The van der Waals surface area contributed by atoms with Gasteiger partial charge < -0.3 is 4.57 Å². The quantitative estimate of drug-likeness (QED) is 0.175. The molecule has 0 saturated carbocycles. The maximum Gasteiger partial charge on any atom is 0.175 e. The van der Waals surface area contributed by atoms with Gasteiger partial charge in [-0.2, -0.15) is 0 Å². The summed E-state index contributed by atoms with van der Waals surface area (Å²) in [5.41, 5.74) is 4.96. The molecule has 1 heterocycles. The van der Waals surface area contributed by atoms with E-state index in [0.717, 1.165) is 27.8 Å². The van der Waals surface area contributed by atoms with Crippen LogP contribution in [0, 0.1) is 0 Å². The van der Waals surface area contributed by atoms with Crippen LogP contribution in [0.3, 0.4) is 0 Å². The van der Waals surface area contributed by atoms with E-state index in [4.69, 9.17) is 28.2 Å². The minimum Gasteiger partial charge on any atom is -0.326 e. The van der Waals surface area contributed by atoms with E-state index in [9.17, 15) is 16.8 Å². The highest BCUT2D eigenvalue weighted by molar-refractivity contribution is 7.91. The number of sulfone groups is 2. The van der Waals surface area contributed by atoms with Crippen molar-refractivity contribution in [2.75, 3.05) is 12.5 Å². The van der Waals surface area contributed by atoms with Gasteiger partial charge in [-0.3, -0.25) is 0 Å². The summed E-state index contributed by atoms with van der Waals surface area (Å²) in [7, 11) is -6.59. The average molecular weight is 638 g/mol. The topological polar surface area (TPSA) is 86.1 Å². The van der Waals surface area contributed by atoms with Gasteiger partial charge in [0.15, 0.2) is 19.7 Å². The van der Waals surface area contributed by atoms with Crippen LogP contribution in [-0.2, 0) is 26.2 Å². The molecule has 6 nitrogen and oxygen atoms in total. The van der Waals surface area contributed by atoms with Crippen LogP contribution in [0.5, 0.6) is 0 Å². The molecule has 0 aliphatic heterocycles. The van der Waals surface area contributed by atoms with E-state index < -0.39 is 19.7 Å². The van der Waals surface area contributed by atoms with Crippen molar-refractivity contribution in [1.29, 1.82) is 0 Å². The Hall–Kier alpha value is -3.69. The first-order valence-corrected chi connectivity index (χ1v) is 17.3. The fourth-order valence-electron chi connectivity index (χ4n) is 4.42. The van der Waals surface area contributed by atoms with Crippen molar-refractivity contribution in [3.05, 3.63) is 124 Å². The molecule has 4 aromatic carbocycles. The molecule has 0 unspecified atom stereocenters. The van der Waals surface area contributed by atoms with Crippen LogP contribution in [0.1, 0.15) is 17.0 Å². The van der Waals surface area contributed by atoms with Crippen LogP contribution in [-0.4, -0.2) is 38.9 Å². The van der Waals surface area contributed by atoms with Gasteiger partial charge in [0.1, 0.15) is 5.82 Å². The van der Waals surface area contributed by atoms with E-state index in [1.807, 2.05) is 59.3 Å². The number of imidazole rings is 1. The van der Waals surface area contributed by atoms with Crippen molar-refractivity contribution in [1.82, 2.24) is 9.55 Å². The van der Waals surface area contributed by atoms with Crippen molar-refractivity contribution in [2.45, 2.75) is 16.3 Å². The molecule has 0 spiro atoms. The molecule has 0 aliphatic rings. The Kier molecular flexibility index (Phi) is 8.44. The molecule has 0 amide bonds. The average Bonchev–Trinajstić information content (AvgIpc) is 3.33. The Morgan fingerprint density at radius 1 is 0.738 bits per heavy atom. The molecule has 5 rings (SSSR count). The van der Waals surface area contributed by atoms with Crippen molar-refractivity contribution >= 4 is 55.0 Å². The summed E-state index contributed by atoms with van der Waals surface area (Å²) >= 11 is 12.6. The second kappa shape index (κ2) is 11.9. The fraction of sp³-hybridized carbons (Fsp3) is 0.0938. The molecule has 0 bridgehead atoms. The minimum absolute atomic E-state index is 0.261. The smallest absolute Gasteiger partial charge is 0.175 e. The highest BCUT2D eigenvalue weighted by atomic mass is 35.5. The molecule has 0 fully saturated rings. The van der Waals surface area contributed by atoms with Crippen LogP contribution in [0.2, 0.25) is 10.0 Å². The van der Waals surface area contributed by atoms with Crippen molar-refractivity contribution in [3.8, 4) is 22.4 Å². The molecule has 5 aromatic rings. The highest BCUT2D eigenvalue weighted by Gasteiger charge is 2.13. The number of aromatic nitrogens is 2. The Morgan fingerprint density at radius 2 is 1.43 bits per heavy atom. The minimum atomic E-state index is -3.30. The molecule has 0 aliphatic carbocycles. The van der Waals surface area contributed by atoms with Gasteiger partial charge in [-0.15, -0.1) is 0 Å². The van der Waals surface area contributed by atoms with Crippen LogP contribution >= 0.6 is 23.2 Å². The lowest BCUT2D eigenvalue weighted by atomic mass is 10.0. The summed E-state index contributed by atoms with van der Waals surface area (Å²) in [5.74, 6) is 0.674. The summed E-state index contributed by atoms with van der Waals surface area (Å²) in [5, 5.41) is 1.01. The fourth-order valence-corrected chi connectivity index (χ4v) is 6.22. The lowest BCUT2D eigenvalue weighted by Crippen LogP contribution is -2.02. The number of hydrogen-bond donors (Lipinski definition) is 0. The second-order valence-corrected chi connectivity index (χ2v) is 14.8. The zero-order valence-corrected chi connectivity index (χ0v) is 25.8. The molecular weight excluding hydrogens is 611 g/mol. The molecule has 42 heavy (non-hydrogen) atoms. The van der Waals surface area contributed by atoms with Crippen molar-refractivity contribution in [3.63, 3.8) is 0 Å². The Bertz CT molecular complexity index is 2020. The number of halogens is 2. The number of nitrogens with zero attached hydrogens (tertiary/aromatic N) is 2. The van der Waals surface area contributed by atoms with Gasteiger partial charge in [-0.25, -0.2) is 21.8 Å². The second-order valence-electron chi connectivity index (χ2n) is 9.91. The summed E-state index contributed by atoms with van der Waals surface area (Å²) in [4.78, 5) is 5.37. The molecule has 0 N–H and O–H groups in total. The van der Waals surface area contributed by atoms with Gasteiger partial charge in [0.25, 0.3) is 0 Å². The molecule has 1 aromatic heterocycles. The predicted octanol–water partition coefficient (Wildman–Crippen LogP) is 7.55. The maximum absolute atomic E-state index is 12.0. The lowest BCUT2D eigenvalue weighted by molar-refractivity contribution is 0.600. The Morgan fingerprint density at radius 3 is 2.07 bits per heavy atom. The third-order valence-electron chi connectivity index (χ3n) is 6.65. The number of rotatable bonds is 8. The normalized spacial score (nSPS) is 12.2. The zero-order chi connectivity index (χ0) is 30.1. The first-order valence-electron chi connectivity index (χ1n) is 12.8. The lowest BCUT2D eigenvalue weighted by Gasteiger charge is -2.07. The van der Waals surface area contributed by atoms with E-state index in [0.29, 0.717) is 28.1 Å². The first-order chi connectivity index (χ1) is 19.9. The molecule has 10 heteroatoms. The highest BCUT2D eigenvalue weighted by Crippen LogP contribution is 2.31. The maximum atomic E-state index is 12.0. The molecule has 0 atom stereocenters. The van der Waals surface area contributed by atoms with Crippen LogP contribution in [0.25, 0.3) is 34.5 Å². The Labute approximate surface area is 255 Å². The van der Waals surface area contributed by atoms with Crippen LogP contribution in [0.15, 0.2) is 107 Å². The molecule has 214 valence electrons. The van der Waals surface area contributed by atoms with Gasteiger partial charge in [0.2, 0.25) is 0 Å². The summed E-state index contributed by atoms with van der Waals surface area (Å²) in [6.45, 7) is 0.456. The number of hydrogen-bond acceptors (Lipinski definition) is 5. The standard InChI is InChI=1S/C32H26Cl2N2O4S2/c1-41(37,38)27-14-8-23(9-15-27)20-36-21-31(29-16-13-26(33)19-30(29)34)35-32(36)17-10-22-6-11-24(12-7-22)25-4-3-5-28(18-25)42(2,39)40/h3-19,21H,20H2,1-2H3/b17-10+. The number of benzene rings is 4. The van der Waals surface area contributed by atoms with E-state index >= 15 is 0 Å². The van der Waals surface area contributed by atoms with Crippen molar-refractivity contribution in [2.24, 2.45) is 0 Å². The third kappa shape index (κ3) is 7.02. The van der Waals surface area contributed by atoms with Gasteiger partial charge in [0, 0.05) is 35.8 Å². The predicted molar refractivity (Wildman–Crippen MR) is 170 cm³/mol. The molecule has 0 saturated heterocycles. The SMILES string of the molecule is CS(=O)(=O)c1ccc(Cn2cc(-c3ccc(Cl)cc3Cl)nc2/C=C/c2ccc(-c3cccc(S(C)(=O)=O)c3)cc2)cc1. The summed E-state index contributed by atoms with van der Waals surface area (Å²) < 4.78 is 49.6. The van der Waals surface area contributed by atoms with Gasteiger partial charge in [0.05, 0.1) is 20.5 Å². The Balaban J connectivity index is 1.46. The van der Waals surface area contributed by atoms with E-state index in [2.05, 4.69) is 0 Å². The van der Waals surface area contributed by atoms with E-state index in [-0.39, 0.29) is 9.79 Å². The summed E-state index contributed by atoms with van der Waals surface area (Å²) in [6, 6.07) is 26.7. The third-order valence-corrected chi connectivity index (χ3v) is 9.44. The van der Waals surface area contributed by atoms with Gasteiger partial charge >= 0.3 is 0 Å². The van der Waals surface area contributed by atoms with Crippen molar-refractivity contribution < 1.29 is 16.8 Å². The first kappa shape index (κ1) is 29.8. The monoisotopic (exact) mass is 636 g/mol. The van der Waals surface area contributed by atoms with Crippen LogP contribution < -0.4 is 0 Å². The van der Waals surface area contributed by atoms with Gasteiger partial charge in [-0.05, 0) is 70.8 Å². The van der Waals surface area contributed by atoms with Crippen LogP contribution in [0.4, 0.5) is 0 Å². The van der Waals surface area contributed by atoms with E-state index in [1.165, 1.54) is 12.5 Å². The largest absolute Gasteiger partial charge is 0.326 e.